The van der Waals surface area contributed by atoms with Crippen LogP contribution in [0.15, 0.2) is 60.7 Å². The predicted molar refractivity (Wildman–Crippen MR) is 116 cm³/mol. The Morgan fingerprint density at radius 1 is 0.923 bits per heavy atom. The third-order valence-electron chi connectivity index (χ3n) is 5.59. The van der Waals surface area contributed by atoms with Crippen molar-refractivity contribution in [3.63, 3.8) is 0 Å². The van der Waals surface area contributed by atoms with Crippen LogP contribution >= 0.6 is 8.07 Å². The summed E-state index contributed by atoms with van der Waals surface area (Å²) in [4.78, 5) is 2.36. The van der Waals surface area contributed by atoms with E-state index >= 15 is 0 Å². The molecule has 0 aromatic heterocycles. The van der Waals surface area contributed by atoms with E-state index in [9.17, 15) is 0 Å². The summed E-state index contributed by atoms with van der Waals surface area (Å²) in [5, 5.41) is 2.91. The molecule has 1 aliphatic rings. The Balaban J connectivity index is 1.87. The lowest BCUT2D eigenvalue weighted by Crippen LogP contribution is -2.43. The fraction of sp³-hybridized carbons (Fsp3) is 0.478. The number of nitrogens with zero attached hydrogens (tertiary/aromatic N) is 2. The van der Waals surface area contributed by atoms with Crippen LogP contribution in [-0.4, -0.2) is 43.3 Å². The van der Waals surface area contributed by atoms with Gasteiger partial charge in [0.2, 0.25) is 0 Å². The van der Waals surface area contributed by atoms with Crippen LogP contribution < -0.4 is 10.6 Å². The number of benzene rings is 2. The van der Waals surface area contributed by atoms with E-state index < -0.39 is 8.07 Å². The molecule has 2 nitrogen and oxygen atoms in total. The van der Waals surface area contributed by atoms with Gasteiger partial charge in [0.25, 0.3) is 0 Å². The maximum Gasteiger partial charge on any atom is 0.0281 e. The van der Waals surface area contributed by atoms with Crippen molar-refractivity contribution in [1.29, 1.82) is 0 Å². The van der Waals surface area contributed by atoms with E-state index in [2.05, 4.69) is 98.3 Å². The summed E-state index contributed by atoms with van der Waals surface area (Å²) in [5.74, 6) is 0. The molecule has 0 aliphatic heterocycles. The van der Waals surface area contributed by atoms with Gasteiger partial charge in [-0.1, -0.05) is 74.0 Å². The summed E-state index contributed by atoms with van der Waals surface area (Å²) in [7, 11) is 6.30. The van der Waals surface area contributed by atoms with E-state index in [1.165, 1.54) is 42.8 Å². The fourth-order valence-electron chi connectivity index (χ4n) is 4.58. The summed E-state index contributed by atoms with van der Waals surface area (Å²) in [6, 6.07) is 22.8. The Hall–Kier alpha value is -1.21. The Bertz CT molecular complexity index is 634. The summed E-state index contributed by atoms with van der Waals surface area (Å²) < 4.78 is 2.70. The average Bonchev–Trinajstić information content (AvgIpc) is 2.62. The van der Waals surface area contributed by atoms with Gasteiger partial charge < -0.3 is 4.90 Å². The first-order valence-electron chi connectivity index (χ1n) is 9.76. The Kier molecular flexibility index (Phi) is 6.51. The second-order valence-corrected chi connectivity index (χ2v) is 10.6. The average molecular weight is 369 g/mol. The molecule has 0 heterocycles. The van der Waals surface area contributed by atoms with Crippen molar-refractivity contribution in [3.8, 4) is 0 Å². The molecule has 0 radical (unpaired) electrons. The van der Waals surface area contributed by atoms with Gasteiger partial charge in [0, 0.05) is 20.7 Å². The molecular formula is C23H33N2P. The molecule has 3 heteroatoms. The minimum atomic E-state index is -0.477. The SMILES string of the molecule is CN(C)CC1(C)CCCC(N(C)P(c2ccccc2)c2ccccc2)C1. The Labute approximate surface area is 161 Å². The van der Waals surface area contributed by atoms with E-state index in [-0.39, 0.29) is 0 Å². The molecule has 2 atom stereocenters. The lowest BCUT2D eigenvalue weighted by Gasteiger charge is -2.45. The number of hydrogen-bond donors (Lipinski definition) is 0. The van der Waals surface area contributed by atoms with Crippen LogP contribution in [0.4, 0.5) is 0 Å². The summed E-state index contributed by atoms with van der Waals surface area (Å²) in [5.41, 5.74) is 0.426. The van der Waals surface area contributed by atoms with Crippen LogP contribution in [0, 0.1) is 5.41 Å². The zero-order chi connectivity index (χ0) is 18.6. The molecule has 0 saturated heterocycles. The molecule has 1 fully saturated rings. The van der Waals surface area contributed by atoms with Crippen LogP contribution in [0.1, 0.15) is 32.6 Å². The van der Waals surface area contributed by atoms with Gasteiger partial charge in [-0.25, -0.2) is 0 Å². The van der Waals surface area contributed by atoms with Crippen molar-refractivity contribution in [2.24, 2.45) is 5.41 Å². The maximum atomic E-state index is 2.70. The lowest BCUT2D eigenvalue weighted by molar-refractivity contribution is 0.112. The Morgan fingerprint density at radius 3 is 1.96 bits per heavy atom. The van der Waals surface area contributed by atoms with Crippen LogP contribution in [0.25, 0.3) is 0 Å². The lowest BCUT2D eigenvalue weighted by atomic mass is 9.73. The van der Waals surface area contributed by atoms with Crippen molar-refractivity contribution in [2.75, 3.05) is 27.7 Å². The molecule has 0 bridgehead atoms. The molecule has 0 amide bonds. The van der Waals surface area contributed by atoms with Crippen LogP contribution in [0.2, 0.25) is 0 Å². The van der Waals surface area contributed by atoms with Crippen LogP contribution in [-0.2, 0) is 0 Å². The molecule has 2 aromatic carbocycles. The molecule has 140 valence electrons. The summed E-state index contributed by atoms with van der Waals surface area (Å²) in [6.45, 7) is 3.67. The van der Waals surface area contributed by atoms with Gasteiger partial charge in [-0.15, -0.1) is 0 Å². The molecule has 2 aromatic rings. The highest BCUT2D eigenvalue weighted by Crippen LogP contribution is 2.45. The quantitative estimate of drug-likeness (QED) is 0.694. The van der Waals surface area contributed by atoms with Gasteiger partial charge in [0.05, 0.1) is 0 Å². The van der Waals surface area contributed by atoms with Gasteiger partial charge in [-0.3, -0.25) is 4.67 Å². The molecule has 26 heavy (non-hydrogen) atoms. The minimum Gasteiger partial charge on any atom is -0.309 e. The first-order chi connectivity index (χ1) is 12.5. The number of hydrogen-bond acceptors (Lipinski definition) is 2. The van der Waals surface area contributed by atoms with Crippen LogP contribution in [0.5, 0.6) is 0 Å². The van der Waals surface area contributed by atoms with Gasteiger partial charge in [-0.2, -0.15) is 0 Å². The minimum absolute atomic E-state index is 0.426. The van der Waals surface area contributed by atoms with Gasteiger partial charge in [0.1, 0.15) is 0 Å². The van der Waals surface area contributed by atoms with Gasteiger partial charge in [-0.05, 0) is 56.4 Å². The molecule has 1 aliphatic carbocycles. The fourth-order valence-corrected chi connectivity index (χ4v) is 7.04. The first kappa shape index (κ1) is 19.5. The third-order valence-corrected chi connectivity index (χ3v) is 8.12. The predicted octanol–water partition coefficient (Wildman–Crippen LogP) is 4.48. The van der Waals surface area contributed by atoms with Crippen molar-refractivity contribution < 1.29 is 0 Å². The van der Waals surface area contributed by atoms with Crippen molar-refractivity contribution in [1.82, 2.24) is 9.57 Å². The zero-order valence-corrected chi connectivity index (χ0v) is 17.6. The van der Waals surface area contributed by atoms with Crippen LogP contribution in [0.3, 0.4) is 0 Å². The summed E-state index contributed by atoms with van der Waals surface area (Å²) in [6.07, 6.45) is 5.30. The number of rotatable bonds is 6. The third kappa shape index (κ3) is 4.74. The highest BCUT2D eigenvalue weighted by molar-refractivity contribution is 7.70. The van der Waals surface area contributed by atoms with Gasteiger partial charge >= 0.3 is 0 Å². The molecular weight excluding hydrogens is 335 g/mol. The molecule has 0 spiro atoms. The second-order valence-electron chi connectivity index (χ2n) is 8.36. The van der Waals surface area contributed by atoms with Crippen molar-refractivity contribution in [3.05, 3.63) is 60.7 Å². The van der Waals surface area contributed by atoms with E-state index in [0.717, 1.165) is 0 Å². The second kappa shape index (κ2) is 8.65. The van der Waals surface area contributed by atoms with Crippen molar-refractivity contribution in [2.45, 2.75) is 38.6 Å². The van der Waals surface area contributed by atoms with E-state index in [1.54, 1.807) is 0 Å². The monoisotopic (exact) mass is 368 g/mol. The normalized spacial score (nSPS) is 23.7. The molecule has 0 N–H and O–H groups in total. The zero-order valence-electron chi connectivity index (χ0n) is 16.7. The topological polar surface area (TPSA) is 6.48 Å². The van der Waals surface area contributed by atoms with E-state index in [0.29, 0.717) is 11.5 Å². The van der Waals surface area contributed by atoms with Crippen molar-refractivity contribution >= 4 is 18.7 Å². The smallest absolute Gasteiger partial charge is 0.0281 e. The Morgan fingerprint density at radius 2 is 1.46 bits per heavy atom. The maximum absolute atomic E-state index is 2.70. The highest BCUT2D eigenvalue weighted by Gasteiger charge is 2.36. The molecule has 2 unspecified atom stereocenters. The van der Waals surface area contributed by atoms with Gasteiger partial charge in [0.15, 0.2) is 0 Å². The first-order valence-corrected chi connectivity index (χ1v) is 11.1. The standard InChI is InChI=1S/C23H33N2P/c1-23(19-24(2)3)17-11-12-20(18-23)25(4)26(21-13-7-5-8-14-21)22-15-9-6-10-16-22/h5-10,13-16,20H,11-12,17-19H2,1-4H3. The largest absolute Gasteiger partial charge is 0.309 e. The van der Waals surface area contributed by atoms with E-state index in [4.69, 9.17) is 0 Å². The van der Waals surface area contributed by atoms with E-state index in [1.807, 2.05) is 0 Å². The molecule has 3 rings (SSSR count). The summed E-state index contributed by atoms with van der Waals surface area (Å²) >= 11 is 0. The highest BCUT2D eigenvalue weighted by atomic mass is 31.1. The molecule has 1 saturated carbocycles.